The van der Waals surface area contributed by atoms with Gasteiger partial charge in [-0.3, -0.25) is 9.20 Å². The molecule has 1 N–H and O–H groups in total. The number of carbonyl (C=O) groups is 1. The minimum absolute atomic E-state index is 0.0530. The van der Waals surface area contributed by atoms with Crippen molar-refractivity contribution < 1.29 is 9.18 Å². The van der Waals surface area contributed by atoms with Crippen molar-refractivity contribution in [2.75, 3.05) is 5.75 Å². The van der Waals surface area contributed by atoms with E-state index in [9.17, 15) is 9.18 Å². The zero-order valence-corrected chi connectivity index (χ0v) is 15.2. The molecule has 24 heavy (non-hydrogen) atoms. The van der Waals surface area contributed by atoms with Crippen LogP contribution in [0.5, 0.6) is 0 Å². The molecule has 0 spiro atoms. The van der Waals surface area contributed by atoms with Gasteiger partial charge in [0.05, 0.1) is 11.4 Å². The molecule has 3 rings (SSSR count). The Morgan fingerprint density at radius 1 is 1.29 bits per heavy atom. The molecule has 3 aromatic rings. The topological polar surface area (TPSA) is 59.3 Å². The summed E-state index contributed by atoms with van der Waals surface area (Å²) >= 11 is 2.79. The van der Waals surface area contributed by atoms with E-state index in [0.717, 1.165) is 16.2 Å². The fourth-order valence-electron chi connectivity index (χ4n) is 2.20. The number of rotatable bonds is 4. The standard InChI is InChI=1S/C16H17FN4OS2/c1-16(2,3)18-13(22)9-24-15-20-19-14-21(15)12(8-23-14)10-4-6-11(17)7-5-10/h4-8H,9H2,1-3H3,(H,18,22). The number of aromatic nitrogens is 3. The summed E-state index contributed by atoms with van der Waals surface area (Å²) in [6, 6.07) is 6.29. The van der Waals surface area contributed by atoms with Crippen LogP contribution in [-0.2, 0) is 4.79 Å². The van der Waals surface area contributed by atoms with E-state index in [0.29, 0.717) is 5.16 Å². The maximum absolute atomic E-state index is 13.1. The van der Waals surface area contributed by atoms with Crippen LogP contribution in [0, 0.1) is 5.82 Å². The summed E-state index contributed by atoms with van der Waals surface area (Å²) in [5.41, 5.74) is 1.50. The highest BCUT2D eigenvalue weighted by Crippen LogP contribution is 2.29. The predicted octanol–water partition coefficient (Wildman–Crippen LogP) is 3.60. The van der Waals surface area contributed by atoms with Crippen molar-refractivity contribution in [2.24, 2.45) is 0 Å². The number of nitrogens with one attached hydrogen (secondary N) is 1. The van der Waals surface area contributed by atoms with E-state index in [4.69, 9.17) is 0 Å². The van der Waals surface area contributed by atoms with Crippen molar-refractivity contribution in [3.8, 4) is 11.3 Å². The van der Waals surface area contributed by atoms with Crippen molar-refractivity contribution >= 4 is 34.0 Å². The molecule has 0 bridgehead atoms. The average Bonchev–Trinajstić information content (AvgIpc) is 3.06. The smallest absolute Gasteiger partial charge is 0.230 e. The van der Waals surface area contributed by atoms with Crippen molar-refractivity contribution in [3.63, 3.8) is 0 Å². The Hall–Kier alpha value is -1.93. The van der Waals surface area contributed by atoms with Crippen LogP contribution in [0.3, 0.4) is 0 Å². The van der Waals surface area contributed by atoms with E-state index < -0.39 is 0 Å². The molecule has 0 saturated heterocycles. The quantitative estimate of drug-likeness (QED) is 0.719. The lowest BCUT2D eigenvalue weighted by Gasteiger charge is -2.20. The Morgan fingerprint density at radius 2 is 2.00 bits per heavy atom. The van der Waals surface area contributed by atoms with Gasteiger partial charge in [-0.2, -0.15) is 0 Å². The minimum Gasteiger partial charge on any atom is -0.351 e. The highest BCUT2D eigenvalue weighted by molar-refractivity contribution is 7.99. The maximum Gasteiger partial charge on any atom is 0.230 e. The molecule has 0 radical (unpaired) electrons. The van der Waals surface area contributed by atoms with Gasteiger partial charge in [-0.25, -0.2) is 4.39 Å². The van der Waals surface area contributed by atoms with Crippen molar-refractivity contribution in [1.29, 1.82) is 0 Å². The van der Waals surface area contributed by atoms with Gasteiger partial charge < -0.3 is 5.32 Å². The molecule has 5 nitrogen and oxygen atoms in total. The van der Waals surface area contributed by atoms with E-state index in [1.54, 1.807) is 12.1 Å². The second-order valence-electron chi connectivity index (χ2n) is 6.32. The van der Waals surface area contributed by atoms with Crippen LogP contribution < -0.4 is 5.32 Å². The first-order valence-corrected chi connectivity index (χ1v) is 9.22. The third-order valence-corrected chi connectivity index (χ3v) is 4.85. The Balaban J connectivity index is 1.83. The number of hydrogen-bond donors (Lipinski definition) is 1. The van der Waals surface area contributed by atoms with E-state index in [2.05, 4.69) is 15.5 Å². The Bertz CT molecular complexity index is 864. The zero-order chi connectivity index (χ0) is 17.3. The van der Waals surface area contributed by atoms with Crippen molar-refractivity contribution in [2.45, 2.75) is 31.5 Å². The molecular weight excluding hydrogens is 347 g/mol. The zero-order valence-electron chi connectivity index (χ0n) is 13.5. The Kier molecular flexibility index (Phi) is 4.60. The molecule has 1 amide bonds. The van der Waals surface area contributed by atoms with Crippen molar-refractivity contribution in [3.05, 3.63) is 35.5 Å². The van der Waals surface area contributed by atoms with Gasteiger partial charge in [-0.1, -0.05) is 11.8 Å². The Labute approximate surface area is 147 Å². The number of halogens is 1. The summed E-state index contributed by atoms with van der Waals surface area (Å²) in [7, 11) is 0. The summed E-state index contributed by atoms with van der Waals surface area (Å²) in [4.78, 5) is 12.7. The predicted molar refractivity (Wildman–Crippen MR) is 94.9 cm³/mol. The largest absolute Gasteiger partial charge is 0.351 e. The van der Waals surface area contributed by atoms with E-state index in [1.165, 1.54) is 35.2 Å². The molecule has 8 heteroatoms. The van der Waals surface area contributed by atoms with Crippen LogP contribution in [0.2, 0.25) is 0 Å². The summed E-state index contributed by atoms with van der Waals surface area (Å²) in [5, 5.41) is 13.8. The molecule has 0 aliphatic rings. The van der Waals surface area contributed by atoms with Crippen LogP contribution >= 0.6 is 23.1 Å². The molecule has 0 aliphatic carbocycles. The van der Waals surface area contributed by atoms with Crippen LogP contribution in [0.25, 0.3) is 16.2 Å². The number of thioether (sulfide) groups is 1. The second-order valence-corrected chi connectivity index (χ2v) is 8.09. The monoisotopic (exact) mass is 364 g/mol. The van der Waals surface area contributed by atoms with Crippen molar-refractivity contribution in [1.82, 2.24) is 19.9 Å². The van der Waals surface area contributed by atoms with Gasteiger partial charge in [0.25, 0.3) is 0 Å². The lowest BCUT2D eigenvalue weighted by molar-refractivity contribution is -0.119. The first-order chi connectivity index (χ1) is 11.3. The second kappa shape index (κ2) is 6.52. The third kappa shape index (κ3) is 3.76. The first-order valence-electron chi connectivity index (χ1n) is 7.36. The SMILES string of the molecule is CC(C)(C)NC(=O)CSc1nnc2scc(-c3ccc(F)cc3)n12. The van der Waals surface area contributed by atoms with Gasteiger partial charge in [0.15, 0.2) is 5.16 Å². The Morgan fingerprint density at radius 3 is 2.67 bits per heavy atom. The van der Waals surface area contributed by atoms with Gasteiger partial charge in [-0.05, 0) is 50.6 Å². The fourth-order valence-corrected chi connectivity index (χ4v) is 3.84. The number of fused-ring (bicyclic) bond motifs is 1. The van der Waals surface area contributed by atoms with Crippen LogP contribution in [0.1, 0.15) is 20.8 Å². The lowest BCUT2D eigenvalue weighted by atomic mass is 10.1. The van der Waals surface area contributed by atoms with Gasteiger partial charge in [0.1, 0.15) is 5.82 Å². The van der Waals surface area contributed by atoms with Gasteiger partial charge in [-0.15, -0.1) is 21.5 Å². The number of amides is 1. The highest BCUT2D eigenvalue weighted by atomic mass is 32.2. The number of carbonyl (C=O) groups excluding carboxylic acids is 1. The van der Waals surface area contributed by atoms with Gasteiger partial charge >= 0.3 is 0 Å². The average molecular weight is 364 g/mol. The molecule has 0 atom stereocenters. The molecule has 0 unspecified atom stereocenters. The molecule has 0 fully saturated rings. The molecule has 0 aliphatic heterocycles. The molecule has 0 saturated carbocycles. The van der Waals surface area contributed by atoms with Gasteiger partial charge in [0.2, 0.25) is 10.9 Å². The number of nitrogens with zero attached hydrogens (tertiary/aromatic N) is 3. The molecular formula is C16H17FN4OS2. The number of benzene rings is 1. The fraction of sp³-hybridized carbons (Fsp3) is 0.312. The van der Waals surface area contributed by atoms with Crippen LogP contribution in [-0.4, -0.2) is 31.8 Å². The minimum atomic E-state index is -0.276. The number of thiazole rings is 1. The summed E-state index contributed by atoms with van der Waals surface area (Å²) in [5.74, 6) is -0.0678. The molecule has 2 aromatic heterocycles. The summed E-state index contributed by atoms with van der Waals surface area (Å²) in [6.45, 7) is 5.82. The third-order valence-electron chi connectivity index (χ3n) is 3.11. The highest BCUT2D eigenvalue weighted by Gasteiger charge is 2.17. The van der Waals surface area contributed by atoms with Crippen LogP contribution in [0.4, 0.5) is 4.39 Å². The molecule has 2 heterocycles. The van der Waals surface area contributed by atoms with E-state index >= 15 is 0 Å². The first kappa shape index (κ1) is 16.9. The van der Waals surface area contributed by atoms with E-state index in [1.807, 2.05) is 30.6 Å². The summed E-state index contributed by atoms with van der Waals surface area (Å²) < 4.78 is 15.0. The lowest BCUT2D eigenvalue weighted by Crippen LogP contribution is -2.41. The molecule has 126 valence electrons. The van der Waals surface area contributed by atoms with Gasteiger partial charge in [0, 0.05) is 10.9 Å². The summed E-state index contributed by atoms with van der Waals surface area (Å²) in [6.07, 6.45) is 0. The number of hydrogen-bond acceptors (Lipinski definition) is 5. The van der Waals surface area contributed by atoms with E-state index in [-0.39, 0.29) is 23.0 Å². The normalized spacial score (nSPS) is 11.8. The maximum atomic E-state index is 13.1. The molecule has 1 aromatic carbocycles. The van der Waals surface area contributed by atoms with Crippen LogP contribution in [0.15, 0.2) is 34.8 Å².